The molecule has 12 heteroatoms. The Morgan fingerprint density at radius 1 is 1.23 bits per heavy atom. The fraction of sp³-hybridized carbons (Fsp3) is 0.167. The number of aromatic nitrogens is 6. The Labute approximate surface area is 168 Å². The Hall–Kier alpha value is -4.35. The Morgan fingerprint density at radius 2 is 2.10 bits per heavy atom. The van der Waals surface area contributed by atoms with E-state index in [1.54, 1.807) is 24.4 Å². The number of pyridine rings is 1. The van der Waals surface area contributed by atoms with Crippen molar-refractivity contribution in [3.8, 4) is 5.69 Å². The Morgan fingerprint density at radius 3 is 2.83 bits per heavy atom. The van der Waals surface area contributed by atoms with E-state index < -0.39 is 10.8 Å². The summed E-state index contributed by atoms with van der Waals surface area (Å²) in [6, 6.07) is 9.38. The largest absolute Gasteiger partial charge is 0.352 e. The van der Waals surface area contributed by atoms with E-state index in [-0.39, 0.29) is 29.2 Å². The third-order valence-corrected chi connectivity index (χ3v) is 4.42. The van der Waals surface area contributed by atoms with Crippen LogP contribution in [0.4, 0.5) is 5.69 Å². The van der Waals surface area contributed by atoms with Crippen LogP contribution in [0.1, 0.15) is 16.8 Å². The van der Waals surface area contributed by atoms with Crippen molar-refractivity contribution in [1.29, 1.82) is 0 Å². The molecule has 152 valence electrons. The Bertz CT molecular complexity index is 1280. The lowest BCUT2D eigenvalue weighted by Crippen LogP contribution is -2.27. The number of aryl methyl sites for hydroxylation is 1. The summed E-state index contributed by atoms with van der Waals surface area (Å²) in [6.45, 7) is 0.601. The predicted molar refractivity (Wildman–Crippen MR) is 104 cm³/mol. The fourth-order valence-corrected chi connectivity index (χ4v) is 2.98. The van der Waals surface area contributed by atoms with E-state index in [1.165, 1.54) is 44.6 Å². The number of benzene rings is 1. The van der Waals surface area contributed by atoms with Crippen molar-refractivity contribution >= 4 is 17.2 Å². The molecule has 1 aromatic carbocycles. The number of carbonyl (C=O) groups excluding carboxylic acids is 1. The van der Waals surface area contributed by atoms with Crippen LogP contribution in [-0.4, -0.2) is 46.3 Å². The standard InChI is InChI=1S/C18H16N8O4/c27-17(13-5-6-14(15(10-13)26(29)30)25-12-19-11-21-25)20-7-3-9-24-18(28)23-8-2-1-4-16(23)22-24/h1-2,4-6,8,10-12H,3,7,9H2,(H,20,27). The zero-order chi connectivity index (χ0) is 21.1. The molecule has 1 N–H and O–H groups in total. The highest BCUT2D eigenvalue weighted by molar-refractivity contribution is 5.95. The molecule has 1 amide bonds. The predicted octanol–water partition coefficient (Wildman–Crippen LogP) is 0.805. The molecule has 0 bridgehead atoms. The molecule has 0 radical (unpaired) electrons. The van der Waals surface area contributed by atoms with Gasteiger partial charge in [0.05, 0.1) is 4.92 Å². The van der Waals surface area contributed by atoms with Crippen LogP contribution in [0.3, 0.4) is 0 Å². The molecule has 30 heavy (non-hydrogen) atoms. The van der Waals surface area contributed by atoms with Gasteiger partial charge in [0.2, 0.25) is 0 Å². The molecular formula is C18H16N8O4. The van der Waals surface area contributed by atoms with Crippen LogP contribution in [0, 0.1) is 10.1 Å². The second-order valence-corrected chi connectivity index (χ2v) is 6.34. The SMILES string of the molecule is O=C(NCCCn1nc2ccccn2c1=O)c1ccc(-n2cncn2)c([N+](=O)[O-])c1. The zero-order valence-electron chi connectivity index (χ0n) is 15.6. The molecule has 0 saturated carbocycles. The van der Waals surface area contributed by atoms with Gasteiger partial charge < -0.3 is 5.32 Å². The average Bonchev–Trinajstić information content (AvgIpc) is 3.39. The number of nitro groups is 1. The lowest BCUT2D eigenvalue weighted by atomic mass is 10.1. The highest BCUT2D eigenvalue weighted by Gasteiger charge is 2.19. The summed E-state index contributed by atoms with van der Waals surface area (Å²) in [5, 5.41) is 22.2. The van der Waals surface area contributed by atoms with Crippen molar-refractivity contribution in [1.82, 2.24) is 34.3 Å². The molecule has 0 saturated heterocycles. The highest BCUT2D eigenvalue weighted by Crippen LogP contribution is 2.23. The van der Waals surface area contributed by atoms with Crippen molar-refractivity contribution in [2.24, 2.45) is 0 Å². The maximum absolute atomic E-state index is 12.4. The van der Waals surface area contributed by atoms with Crippen molar-refractivity contribution < 1.29 is 9.72 Å². The van der Waals surface area contributed by atoms with E-state index in [2.05, 4.69) is 20.5 Å². The molecule has 3 aromatic heterocycles. The zero-order valence-corrected chi connectivity index (χ0v) is 15.6. The third-order valence-electron chi connectivity index (χ3n) is 4.42. The summed E-state index contributed by atoms with van der Waals surface area (Å²) in [5.41, 5.74) is 0.391. The van der Waals surface area contributed by atoms with Gasteiger partial charge >= 0.3 is 5.69 Å². The Balaban J connectivity index is 1.40. The molecule has 0 spiro atoms. The van der Waals surface area contributed by atoms with Gasteiger partial charge in [0, 0.05) is 30.9 Å². The lowest BCUT2D eigenvalue weighted by Gasteiger charge is -2.07. The smallest absolute Gasteiger partial charge is 0.350 e. The fourth-order valence-electron chi connectivity index (χ4n) is 2.98. The van der Waals surface area contributed by atoms with Gasteiger partial charge in [0.1, 0.15) is 18.3 Å². The number of hydrogen-bond acceptors (Lipinski definition) is 7. The number of carbonyl (C=O) groups is 1. The van der Waals surface area contributed by atoms with Gasteiger partial charge in [-0.15, -0.1) is 5.10 Å². The maximum atomic E-state index is 12.4. The van der Waals surface area contributed by atoms with E-state index in [9.17, 15) is 19.7 Å². The molecule has 0 aliphatic rings. The van der Waals surface area contributed by atoms with Crippen LogP contribution >= 0.6 is 0 Å². The molecule has 4 rings (SSSR count). The Kier molecular flexibility index (Phi) is 5.03. The van der Waals surface area contributed by atoms with Gasteiger partial charge in [-0.2, -0.15) is 5.10 Å². The molecule has 0 aliphatic carbocycles. The van der Waals surface area contributed by atoms with Gasteiger partial charge in [-0.3, -0.25) is 19.3 Å². The molecule has 4 aromatic rings. The molecule has 3 heterocycles. The molecule has 0 unspecified atom stereocenters. The first-order chi connectivity index (χ1) is 14.5. The number of nitrogens with one attached hydrogen (secondary N) is 1. The number of fused-ring (bicyclic) bond motifs is 1. The summed E-state index contributed by atoms with van der Waals surface area (Å²) in [4.78, 5) is 39.2. The molecule has 12 nitrogen and oxygen atoms in total. The first-order valence-electron chi connectivity index (χ1n) is 9.00. The quantitative estimate of drug-likeness (QED) is 0.271. The average molecular weight is 408 g/mol. The van der Waals surface area contributed by atoms with Crippen LogP contribution < -0.4 is 11.0 Å². The summed E-state index contributed by atoms with van der Waals surface area (Å²) >= 11 is 0. The van der Waals surface area contributed by atoms with Crippen LogP contribution in [0.2, 0.25) is 0 Å². The second kappa shape index (κ2) is 7.95. The van der Waals surface area contributed by atoms with Gasteiger partial charge in [-0.25, -0.2) is 19.1 Å². The van der Waals surface area contributed by atoms with Gasteiger partial charge in [0.25, 0.3) is 11.6 Å². The summed E-state index contributed by atoms with van der Waals surface area (Å²) in [6.07, 6.45) is 4.70. The number of nitro benzene ring substituents is 1. The normalized spacial score (nSPS) is 10.9. The van der Waals surface area contributed by atoms with E-state index in [0.29, 0.717) is 18.6 Å². The van der Waals surface area contributed by atoms with Crippen LogP contribution in [0.5, 0.6) is 0 Å². The summed E-state index contributed by atoms with van der Waals surface area (Å²) in [5.74, 6) is -0.453. The minimum atomic E-state index is -0.580. The van der Waals surface area contributed by atoms with E-state index in [0.717, 1.165) is 0 Å². The molecule has 0 atom stereocenters. The van der Waals surface area contributed by atoms with Crippen LogP contribution in [0.25, 0.3) is 11.3 Å². The molecule has 0 fully saturated rings. The first kappa shape index (κ1) is 19.0. The first-order valence-corrected chi connectivity index (χ1v) is 9.00. The summed E-state index contributed by atoms with van der Waals surface area (Å²) < 4.78 is 4.03. The number of hydrogen-bond donors (Lipinski definition) is 1. The van der Waals surface area contributed by atoms with Gasteiger partial charge in [-0.05, 0) is 30.7 Å². The van der Waals surface area contributed by atoms with E-state index >= 15 is 0 Å². The van der Waals surface area contributed by atoms with Crippen molar-refractivity contribution in [3.05, 3.63) is 81.4 Å². The number of amides is 1. The third kappa shape index (κ3) is 3.65. The van der Waals surface area contributed by atoms with Gasteiger partial charge in [-0.1, -0.05) is 6.07 Å². The van der Waals surface area contributed by atoms with Crippen LogP contribution in [-0.2, 0) is 6.54 Å². The second-order valence-electron chi connectivity index (χ2n) is 6.34. The highest BCUT2D eigenvalue weighted by atomic mass is 16.6. The van der Waals surface area contributed by atoms with Crippen molar-refractivity contribution in [2.45, 2.75) is 13.0 Å². The lowest BCUT2D eigenvalue weighted by molar-refractivity contribution is -0.384. The van der Waals surface area contributed by atoms with E-state index in [4.69, 9.17) is 0 Å². The number of rotatable bonds is 7. The minimum absolute atomic E-state index is 0.149. The molecule has 0 aliphatic heterocycles. The van der Waals surface area contributed by atoms with Crippen molar-refractivity contribution in [2.75, 3.05) is 6.54 Å². The van der Waals surface area contributed by atoms with Gasteiger partial charge in [0.15, 0.2) is 5.65 Å². The minimum Gasteiger partial charge on any atom is -0.352 e. The summed E-state index contributed by atoms with van der Waals surface area (Å²) in [7, 11) is 0. The van der Waals surface area contributed by atoms with E-state index in [1.807, 2.05) is 0 Å². The van der Waals surface area contributed by atoms with Crippen LogP contribution in [0.15, 0.2) is 60.0 Å². The van der Waals surface area contributed by atoms with Crippen molar-refractivity contribution in [3.63, 3.8) is 0 Å². The molecular weight excluding hydrogens is 392 g/mol. The monoisotopic (exact) mass is 408 g/mol. The maximum Gasteiger partial charge on any atom is 0.350 e. The number of nitrogens with zero attached hydrogens (tertiary/aromatic N) is 7. The topological polar surface area (TPSA) is 142 Å².